The summed E-state index contributed by atoms with van der Waals surface area (Å²) in [5, 5.41) is 7.85. The zero-order valence-corrected chi connectivity index (χ0v) is 12.3. The van der Waals surface area contributed by atoms with Gasteiger partial charge in [-0.25, -0.2) is 0 Å². The zero-order valence-electron chi connectivity index (χ0n) is 11.5. The van der Waals surface area contributed by atoms with Crippen LogP contribution < -0.4 is 10.6 Å². The number of hydrogen-bond donors (Lipinski definition) is 2. The first kappa shape index (κ1) is 14.2. The van der Waals surface area contributed by atoms with Crippen molar-refractivity contribution >= 4 is 23.3 Å². The number of benzene rings is 1. The number of anilines is 1. The molecule has 4 nitrogen and oxygen atoms in total. The van der Waals surface area contributed by atoms with Crippen molar-refractivity contribution < 1.29 is 4.74 Å². The summed E-state index contributed by atoms with van der Waals surface area (Å²) in [5.41, 5.74) is 7.69. The number of ether oxygens (including phenoxy) is 1. The molecule has 0 radical (unpaired) electrons. The quantitative estimate of drug-likeness (QED) is 0.506. The highest BCUT2D eigenvalue weighted by atomic mass is 32.2. The number of rotatable bonds is 3. The van der Waals surface area contributed by atoms with Crippen LogP contribution in [0.25, 0.3) is 0 Å². The van der Waals surface area contributed by atoms with Crippen LogP contribution in [0.5, 0.6) is 0 Å². The van der Waals surface area contributed by atoms with Gasteiger partial charge in [-0.15, -0.1) is 11.8 Å². The van der Waals surface area contributed by atoms with E-state index in [-0.39, 0.29) is 11.9 Å². The van der Waals surface area contributed by atoms with E-state index in [1.165, 1.54) is 0 Å². The summed E-state index contributed by atoms with van der Waals surface area (Å²) in [6.45, 7) is 4.68. The Hall–Kier alpha value is -1.20. The van der Waals surface area contributed by atoms with Crippen molar-refractivity contribution in [1.82, 2.24) is 0 Å². The minimum absolute atomic E-state index is 0.137. The Kier molecular flexibility index (Phi) is 4.71. The number of nitrogen functional groups attached to an aromatic ring is 1. The van der Waals surface area contributed by atoms with Crippen molar-refractivity contribution in [2.45, 2.75) is 24.3 Å². The minimum Gasteiger partial charge on any atom is -0.384 e. The maximum absolute atomic E-state index is 7.85. The molecule has 1 aromatic carbocycles. The van der Waals surface area contributed by atoms with Crippen LogP contribution in [0.1, 0.15) is 18.9 Å². The van der Waals surface area contributed by atoms with Crippen LogP contribution in [0.3, 0.4) is 0 Å². The van der Waals surface area contributed by atoms with Gasteiger partial charge < -0.3 is 15.4 Å². The molecule has 1 saturated heterocycles. The normalized spacial score (nSPS) is 20.1. The highest BCUT2D eigenvalue weighted by molar-refractivity contribution is 7.98. The number of hydrogen-bond acceptors (Lipinski definition) is 4. The minimum atomic E-state index is 0.137. The summed E-state index contributed by atoms with van der Waals surface area (Å²) in [5.74, 6) is 0.137. The molecule has 0 spiro atoms. The van der Waals surface area contributed by atoms with Gasteiger partial charge in [0.25, 0.3) is 0 Å². The Morgan fingerprint density at radius 3 is 3.00 bits per heavy atom. The van der Waals surface area contributed by atoms with E-state index in [9.17, 15) is 0 Å². The van der Waals surface area contributed by atoms with Crippen molar-refractivity contribution in [2.75, 3.05) is 30.9 Å². The molecule has 0 aliphatic carbocycles. The second kappa shape index (κ2) is 6.30. The predicted octanol–water partition coefficient (Wildman–Crippen LogP) is 2.31. The van der Waals surface area contributed by atoms with Crippen LogP contribution in [0, 0.1) is 5.41 Å². The Labute approximate surface area is 118 Å². The highest BCUT2D eigenvalue weighted by Crippen LogP contribution is 2.30. The van der Waals surface area contributed by atoms with Gasteiger partial charge in [-0.2, -0.15) is 0 Å². The Bertz CT molecular complexity index is 464. The number of nitrogens with two attached hydrogens (primary N) is 1. The van der Waals surface area contributed by atoms with Crippen molar-refractivity contribution in [3.63, 3.8) is 0 Å². The summed E-state index contributed by atoms with van der Waals surface area (Å²) in [6.07, 6.45) is 3.23. The molecule has 0 amide bonds. The molecular weight excluding hydrogens is 258 g/mol. The largest absolute Gasteiger partial charge is 0.384 e. The van der Waals surface area contributed by atoms with Crippen LogP contribution in [0.4, 0.5) is 5.69 Å². The van der Waals surface area contributed by atoms with Gasteiger partial charge in [0.05, 0.1) is 11.7 Å². The van der Waals surface area contributed by atoms with E-state index in [1.54, 1.807) is 11.8 Å². The van der Waals surface area contributed by atoms with E-state index in [0.717, 1.165) is 42.3 Å². The Morgan fingerprint density at radius 1 is 1.53 bits per heavy atom. The van der Waals surface area contributed by atoms with Crippen molar-refractivity contribution in [1.29, 1.82) is 5.41 Å². The highest BCUT2D eigenvalue weighted by Gasteiger charge is 2.20. The van der Waals surface area contributed by atoms with Crippen LogP contribution in [0.15, 0.2) is 23.1 Å². The third-order valence-electron chi connectivity index (χ3n) is 3.29. The molecule has 1 atom stereocenters. The molecule has 0 saturated carbocycles. The predicted molar refractivity (Wildman–Crippen MR) is 81.5 cm³/mol. The molecule has 0 aromatic heterocycles. The lowest BCUT2D eigenvalue weighted by Gasteiger charge is -2.27. The summed E-state index contributed by atoms with van der Waals surface area (Å²) in [4.78, 5) is 3.34. The van der Waals surface area contributed by atoms with E-state index in [0.29, 0.717) is 0 Å². The van der Waals surface area contributed by atoms with Crippen LogP contribution >= 0.6 is 11.8 Å². The third kappa shape index (κ3) is 3.22. The maximum Gasteiger partial charge on any atom is 0.126 e. The Balaban J connectivity index is 2.40. The van der Waals surface area contributed by atoms with E-state index >= 15 is 0 Å². The lowest BCUT2D eigenvalue weighted by atomic mass is 10.1. The fraction of sp³-hybridized carbons (Fsp3) is 0.500. The first-order valence-corrected chi connectivity index (χ1v) is 7.74. The average molecular weight is 279 g/mol. The SMILES string of the molecule is CSc1cccc(N2CCCOC(C)C2)c1C(=N)N. The standard InChI is InChI=1S/C14H21N3OS/c1-10-9-17(7-4-8-18-10)11-5-3-6-12(19-2)13(11)14(15)16/h3,5-6,10H,4,7-9H2,1-2H3,(H3,15,16). The smallest absolute Gasteiger partial charge is 0.126 e. The molecule has 1 heterocycles. The van der Waals surface area contributed by atoms with Crippen LogP contribution in [-0.4, -0.2) is 37.9 Å². The Morgan fingerprint density at radius 2 is 2.32 bits per heavy atom. The van der Waals surface area contributed by atoms with Crippen LogP contribution in [-0.2, 0) is 4.74 Å². The molecule has 1 fully saturated rings. The molecule has 104 valence electrons. The first-order valence-electron chi connectivity index (χ1n) is 6.51. The molecule has 1 aliphatic heterocycles. The fourth-order valence-corrected chi connectivity index (χ4v) is 3.07. The van der Waals surface area contributed by atoms with Gasteiger partial charge in [-0.1, -0.05) is 6.07 Å². The molecule has 1 unspecified atom stereocenters. The van der Waals surface area contributed by atoms with Gasteiger partial charge in [0, 0.05) is 30.3 Å². The monoisotopic (exact) mass is 279 g/mol. The van der Waals surface area contributed by atoms with Crippen LogP contribution in [0.2, 0.25) is 0 Å². The summed E-state index contributed by atoms with van der Waals surface area (Å²) >= 11 is 1.63. The maximum atomic E-state index is 7.85. The van der Waals surface area contributed by atoms with Gasteiger partial charge in [-0.3, -0.25) is 5.41 Å². The number of nitrogens with zero attached hydrogens (tertiary/aromatic N) is 1. The van der Waals surface area contributed by atoms with E-state index in [4.69, 9.17) is 15.9 Å². The van der Waals surface area contributed by atoms with Gasteiger partial charge in [0.15, 0.2) is 0 Å². The van der Waals surface area contributed by atoms with E-state index in [2.05, 4.69) is 17.9 Å². The molecule has 19 heavy (non-hydrogen) atoms. The molecular formula is C14H21N3OS. The second-order valence-corrected chi connectivity index (χ2v) is 5.60. The second-order valence-electron chi connectivity index (χ2n) is 4.75. The lowest BCUT2D eigenvalue weighted by molar-refractivity contribution is 0.0821. The fourth-order valence-electron chi connectivity index (χ4n) is 2.44. The van der Waals surface area contributed by atoms with Gasteiger partial charge in [0.2, 0.25) is 0 Å². The molecule has 2 rings (SSSR count). The number of thioether (sulfide) groups is 1. The van der Waals surface area contributed by atoms with Gasteiger partial charge in [0.1, 0.15) is 5.84 Å². The summed E-state index contributed by atoms with van der Waals surface area (Å²) in [7, 11) is 0. The van der Waals surface area contributed by atoms with E-state index < -0.39 is 0 Å². The van der Waals surface area contributed by atoms with Crippen molar-refractivity contribution in [3.05, 3.63) is 23.8 Å². The number of nitrogens with one attached hydrogen (secondary N) is 1. The zero-order chi connectivity index (χ0) is 13.8. The molecule has 1 aromatic rings. The summed E-state index contributed by atoms with van der Waals surface area (Å²) < 4.78 is 5.68. The van der Waals surface area contributed by atoms with Gasteiger partial charge >= 0.3 is 0 Å². The number of amidine groups is 1. The molecule has 0 bridgehead atoms. The molecule has 5 heteroatoms. The average Bonchev–Trinajstić information content (AvgIpc) is 2.62. The first-order chi connectivity index (χ1) is 9.13. The molecule has 1 aliphatic rings. The summed E-state index contributed by atoms with van der Waals surface area (Å²) in [6, 6.07) is 6.10. The molecule has 3 N–H and O–H groups in total. The third-order valence-corrected chi connectivity index (χ3v) is 4.07. The van der Waals surface area contributed by atoms with Crippen molar-refractivity contribution in [2.24, 2.45) is 5.73 Å². The lowest BCUT2D eigenvalue weighted by Crippen LogP contribution is -2.32. The van der Waals surface area contributed by atoms with Crippen molar-refractivity contribution in [3.8, 4) is 0 Å². The van der Waals surface area contributed by atoms with Gasteiger partial charge in [-0.05, 0) is 31.7 Å². The topological polar surface area (TPSA) is 62.3 Å². The van der Waals surface area contributed by atoms with E-state index in [1.807, 2.05) is 18.4 Å².